The SMILES string of the molecule is COCCNC(=O)NC1CCC(Oc2nccnc2C#N)CC1. The third kappa shape index (κ3) is 5.38. The van der Waals surface area contributed by atoms with Crippen molar-refractivity contribution in [2.45, 2.75) is 37.8 Å². The fourth-order valence-electron chi connectivity index (χ4n) is 2.47. The number of nitriles is 1. The van der Waals surface area contributed by atoms with Gasteiger partial charge in [0.15, 0.2) is 0 Å². The molecule has 2 rings (SSSR count). The molecule has 1 aromatic heterocycles. The van der Waals surface area contributed by atoms with Crippen molar-refractivity contribution in [3.8, 4) is 11.9 Å². The van der Waals surface area contributed by atoms with Gasteiger partial charge in [-0.1, -0.05) is 0 Å². The van der Waals surface area contributed by atoms with E-state index in [1.807, 2.05) is 6.07 Å². The number of carbonyl (C=O) groups excluding carboxylic acids is 1. The van der Waals surface area contributed by atoms with Crippen molar-refractivity contribution in [1.29, 1.82) is 5.26 Å². The third-order valence-electron chi connectivity index (χ3n) is 3.65. The van der Waals surface area contributed by atoms with Gasteiger partial charge in [0.05, 0.1) is 6.61 Å². The van der Waals surface area contributed by atoms with Crippen LogP contribution >= 0.6 is 0 Å². The molecular weight excluding hydrogens is 298 g/mol. The van der Waals surface area contributed by atoms with Crippen molar-refractivity contribution in [2.24, 2.45) is 0 Å². The van der Waals surface area contributed by atoms with Crippen LogP contribution in [0, 0.1) is 11.3 Å². The summed E-state index contributed by atoms with van der Waals surface area (Å²) in [5.74, 6) is 0.281. The average molecular weight is 319 g/mol. The number of ether oxygens (including phenoxy) is 2. The number of carbonyl (C=O) groups is 1. The Morgan fingerprint density at radius 3 is 2.78 bits per heavy atom. The Balaban J connectivity index is 1.74. The molecule has 8 heteroatoms. The quantitative estimate of drug-likeness (QED) is 0.757. The van der Waals surface area contributed by atoms with Gasteiger partial charge in [0, 0.05) is 32.1 Å². The molecule has 124 valence electrons. The fourth-order valence-corrected chi connectivity index (χ4v) is 2.47. The highest BCUT2D eigenvalue weighted by Gasteiger charge is 2.24. The van der Waals surface area contributed by atoms with Crippen molar-refractivity contribution in [3.63, 3.8) is 0 Å². The second-order valence-electron chi connectivity index (χ2n) is 5.31. The maximum atomic E-state index is 11.7. The maximum Gasteiger partial charge on any atom is 0.315 e. The van der Waals surface area contributed by atoms with Gasteiger partial charge < -0.3 is 20.1 Å². The van der Waals surface area contributed by atoms with E-state index in [2.05, 4.69) is 20.6 Å². The molecule has 1 aliphatic rings. The van der Waals surface area contributed by atoms with E-state index in [-0.39, 0.29) is 29.8 Å². The summed E-state index contributed by atoms with van der Waals surface area (Å²) >= 11 is 0. The van der Waals surface area contributed by atoms with Crippen LogP contribution in [0.5, 0.6) is 5.88 Å². The number of rotatable bonds is 6. The summed E-state index contributed by atoms with van der Waals surface area (Å²) < 4.78 is 10.6. The van der Waals surface area contributed by atoms with Gasteiger partial charge in [0.1, 0.15) is 12.2 Å². The minimum Gasteiger partial charge on any atom is -0.472 e. The minimum atomic E-state index is -0.174. The number of nitrogens with one attached hydrogen (secondary N) is 2. The monoisotopic (exact) mass is 319 g/mol. The Morgan fingerprint density at radius 2 is 2.09 bits per heavy atom. The van der Waals surface area contributed by atoms with E-state index in [4.69, 9.17) is 14.7 Å². The van der Waals surface area contributed by atoms with Gasteiger partial charge in [-0.2, -0.15) is 5.26 Å². The second-order valence-corrected chi connectivity index (χ2v) is 5.31. The molecule has 1 saturated carbocycles. The highest BCUT2D eigenvalue weighted by molar-refractivity contribution is 5.74. The topological polar surface area (TPSA) is 109 Å². The summed E-state index contributed by atoms with van der Waals surface area (Å²) in [6.45, 7) is 0.984. The van der Waals surface area contributed by atoms with Crippen LogP contribution in [0.4, 0.5) is 4.79 Å². The van der Waals surface area contributed by atoms with Gasteiger partial charge in [-0.05, 0) is 25.7 Å². The molecule has 1 fully saturated rings. The first-order chi connectivity index (χ1) is 11.2. The molecule has 0 aliphatic heterocycles. The molecule has 0 radical (unpaired) electrons. The van der Waals surface area contributed by atoms with Crippen LogP contribution in [0.1, 0.15) is 31.4 Å². The molecule has 1 heterocycles. The summed E-state index contributed by atoms with van der Waals surface area (Å²) in [5, 5.41) is 14.7. The lowest BCUT2D eigenvalue weighted by molar-refractivity contribution is 0.133. The smallest absolute Gasteiger partial charge is 0.315 e. The number of methoxy groups -OCH3 is 1. The number of urea groups is 1. The number of nitrogens with zero attached hydrogens (tertiary/aromatic N) is 3. The number of hydrogen-bond donors (Lipinski definition) is 2. The predicted octanol–water partition coefficient (Wildman–Crippen LogP) is 0.984. The van der Waals surface area contributed by atoms with Crippen LogP contribution < -0.4 is 15.4 Å². The van der Waals surface area contributed by atoms with Crippen molar-refractivity contribution in [3.05, 3.63) is 18.1 Å². The van der Waals surface area contributed by atoms with E-state index in [1.54, 1.807) is 7.11 Å². The highest BCUT2D eigenvalue weighted by Crippen LogP contribution is 2.23. The molecule has 0 unspecified atom stereocenters. The summed E-state index contributed by atoms with van der Waals surface area (Å²) in [6.07, 6.45) is 6.21. The van der Waals surface area contributed by atoms with Crippen molar-refractivity contribution in [1.82, 2.24) is 20.6 Å². The first kappa shape index (κ1) is 17.0. The van der Waals surface area contributed by atoms with Crippen molar-refractivity contribution in [2.75, 3.05) is 20.3 Å². The molecule has 23 heavy (non-hydrogen) atoms. The third-order valence-corrected chi connectivity index (χ3v) is 3.65. The molecule has 2 amide bonds. The molecule has 2 N–H and O–H groups in total. The summed E-state index contributed by atoms with van der Waals surface area (Å²) in [5.41, 5.74) is 0.199. The Kier molecular flexibility index (Phi) is 6.56. The van der Waals surface area contributed by atoms with Crippen molar-refractivity contribution >= 4 is 6.03 Å². The molecule has 0 atom stereocenters. The van der Waals surface area contributed by atoms with Gasteiger partial charge in [-0.25, -0.2) is 14.8 Å². The zero-order valence-electron chi connectivity index (χ0n) is 13.1. The number of amides is 2. The molecule has 0 aromatic carbocycles. The van der Waals surface area contributed by atoms with E-state index >= 15 is 0 Å². The summed E-state index contributed by atoms with van der Waals surface area (Å²) in [4.78, 5) is 19.7. The molecular formula is C15H21N5O3. The van der Waals surface area contributed by atoms with Crippen molar-refractivity contribution < 1.29 is 14.3 Å². The Morgan fingerprint density at radius 1 is 1.35 bits per heavy atom. The van der Waals surface area contributed by atoms with Gasteiger partial charge in [-0.15, -0.1) is 0 Å². The summed E-state index contributed by atoms with van der Waals surface area (Å²) in [6, 6.07) is 1.93. The van der Waals surface area contributed by atoms with Crippen LogP contribution in [-0.4, -0.2) is 48.4 Å². The lowest BCUT2D eigenvalue weighted by Gasteiger charge is -2.29. The van der Waals surface area contributed by atoms with Gasteiger partial charge in [-0.3, -0.25) is 0 Å². The zero-order valence-corrected chi connectivity index (χ0v) is 13.1. The standard InChI is InChI=1S/C15H21N5O3/c1-22-9-8-19-15(21)20-11-2-4-12(5-3-11)23-14-13(10-16)17-6-7-18-14/h6-7,11-12H,2-5,8-9H2,1H3,(H2,19,20,21). The molecule has 1 aromatic rings. The molecule has 8 nitrogen and oxygen atoms in total. The number of hydrogen-bond acceptors (Lipinski definition) is 6. The minimum absolute atomic E-state index is 0.00611. The lowest BCUT2D eigenvalue weighted by atomic mass is 9.93. The summed E-state index contributed by atoms with van der Waals surface area (Å²) in [7, 11) is 1.59. The van der Waals surface area contributed by atoms with E-state index in [1.165, 1.54) is 12.4 Å². The first-order valence-electron chi connectivity index (χ1n) is 7.64. The lowest BCUT2D eigenvalue weighted by Crippen LogP contribution is -2.45. The number of aromatic nitrogens is 2. The fraction of sp³-hybridized carbons (Fsp3) is 0.600. The molecule has 0 bridgehead atoms. The van der Waals surface area contributed by atoms with E-state index in [9.17, 15) is 4.79 Å². The van der Waals surface area contributed by atoms with Gasteiger partial charge in [0.25, 0.3) is 5.88 Å². The van der Waals surface area contributed by atoms with E-state index < -0.39 is 0 Å². The highest BCUT2D eigenvalue weighted by atomic mass is 16.5. The largest absolute Gasteiger partial charge is 0.472 e. The van der Waals surface area contributed by atoms with Gasteiger partial charge in [0.2, 0.25) is 5.69 Å². The zero-order chi connectivity index (χ0) is 16.5. The van der Waals surface area contributed by atoms with Crippen LogP contribution in [0.25, 0.3) is 0 Å². The molecule has 1 aliphatic carbocycles. The van der Waals surface area contributed by atoms with Crippen LogP contribution in [0.3, 0.4) is 0 Å². The Hall–Kier alpha value is -2.40. The predicted molar refractivity (Wildman–Crippen MR) is 81.8 cm³/mol. The second kappa shape index (κ2) is 8.90. The van der Waals surface area contributed by atoms with E-state index in [0.717, 1.165) is 25.7 Å². The normalized spacial score (nSPS) is 20.3. The van der Waals surface area contributed by atoms with Crippen LogP contribution in [0.2, 0.25) is 0 Å². The van der Waals surface area contributed by atoms with Crippen LogP contribution in [-0.2, 0) is 4.74 Å². The Labute approximate surface area is 135 Å². The average Bonchev–Trinajstić information content (AvgIpc) is 2.57. The Bertz CT molecular complexity index is 552. The molecule has 0 spiro atoms. The van der Waals surface area contributed by atoms with Gasteiger partial charge >= 0.3 is 6.03 Å². The van der Waals surface area contributed by atoms with E-state index in [0.29, 0.717) is 13.2 Å². The van der Waals surface area contributed by atoms with Crippen LogP contribution in [0.15, 0.2) is 12.4 Å². The first-order valence-corrected chi connectivity index (χ1v) is 7.64. The maximum absolute atomic E-state index is 11.7. The molecule has 0 saturated heterocycles.